The minimum atomic E-state index is -0.640. The molecule has 0 heterocycles. The van der Waals surface area contributed by atoms with Crippen molar-refractivity contribution in [1.29, 1.82) is 0 Å². The van der Waals surface area contributed by atoms with Crippen molar-refractivity contribution in [1.82, 2.24) is 10.6 Å². The van der Waals surface area contributed by atoms with E-state index >= 15 is 0 Å². The number of para-hydroxylation sites is 1. The zero-order chi connectivity index (χ0) is 15.7. The molecule has 0 aromatic heterocycles. The maximum atomic E-state index is 12.4. The van der Waals surface area contributed by atoms with Gasteiger partial charge in [-0.1, -0.05) is 18.2 Å². The summed E-state index contributed by atoms with van der Waals surface area (Å²) in [5.41, 5.74) is 0.247. The summed E-state index contributed by atoms with van der Waals surface area (Å²) in [7, 11) is 3.28. The van der Waals surface area contributed by atoms with Gasteiger partial charge in [-0.25, -0.2) is 0 Å². The Hall–Kier alpha value is -1.59. The van der Waals surface area contributed by atoms with E-state index in [4.69, 9.17) is 9.47 Å². The van der Waals surface area contributed by atoms with E-state index in [0.29, 0.717) is 13.2 Å². The molecule has 1 amide bonds. The Kier molecular flexibility index (Phi) is 7.19. The van der Waals surface area contributed by atoms with Crippen molar-refractivity contribution in [2.24, 2.45) is 0 Å². The van der Waals surface area contributed by atoms with Crippen molar-refractivity contribution >= 4 is 5.91 Å². The van der Waals surface area contributed by atoms with Crippen LogP contribution in [0, 0.1) is 0 Å². The lowest BCUT2D eigenvalue weighted by Gasteiger charge is -2.26. The Labute approximate surface area is 127 Å². The molecule has 0 unspecified atom stereocenters. The van der Waals surface area contributed by atoms with Crippen LogP contribution in [0.1, 0.15) is 19.4 Å². The highest BCUT2D eigenvalue weighted by atomic mass is 16.5. The van der Waals surface area contributed by atoms with Gasteiger partial charge < -0.3 is 20.1 Å². The predicted octanol–water partition coefficient (Wildman–Crippen LogP) is 1.33. The quantitative estimate of drug-likeness (QED) is 0.675. The Morgan fingerprint density at radius 1 is 1.14 bits per heavy atom. The van der Waals surface area contributed by atoms with Gasteiger partial charge in [0.15, 0.2) is 0 Å². The van der Waals surface area contributed by atoms with Gasteiger partial charge in [-0.05, 0) is 19.9 Å². The number of amides is 1. The molecule has 0 fully saturated rings. The molecule has 1 aromatic rings. The van der Waals surface area contributed by atoms with Crippen LogP contribution in [0.15, 0.2) is 24.3 Å². The second kappa shape index (κ2) is 8.64. The first kappa shape index (κ1) is 17.5. The molecule has 0 atom stereocenters. The van der Waals surface area contributed by atoms with Crippen LogP contribution in [0.3, 0.4) is 0 Å². The summed E-state index contributed by atoms with van der Waals surface area (Å²) in [5.74, 6) is 0.719. The van der Waals surface area contributed by atoms with E-state index in [1.807, 2.05) is 38.1 Å². The summed E-state index contributed by atoms with van der Waals surface area (Å²) >= 11 is 0. The minimum absolute atomic E-state index is 0.0134. The first-order valence-electron chi connectivity index (χ1n) is 7.15. The largest absolute Gasteiger partial charge is 0.496 e. The minimum Gasteiger partial charge on any atom is -0.496 e. The van der Waals surface area contributed by atoms with Crippen LogP contribution in [-0.2, 0) is 14.9 Å². The van der Waals surface area contributed by atoms with Crippen LogP contribution in [-0.4, -0.2) is 46.4 Å². The lowest BCUT2D eigenvalue weighted by atomic mass is 9.83. The molecule has 21 heavy (non-hydrogen) atoms. The van der Waals surface area contributed by atoms with Crippen molar-refractivity contribution in [3.05, 3.63) is 29.8 Å². The normalized spacial score (nSPS) is 11.2. The Bertz CT molecular complexity index is 447. The SMILES string of the molecule is COCCNCCNC(=O)C(C)(C)c1ccccc1OC. The van der Waals surface area contributed by atoms with Gasteiger partial charge in [0.25, 0.3) is 0 Å². The molecule has 5 nitrogen and oxygen atoms in total. The number of hydrogen-bond acceptors (Lipinski definition) is 4. The number of nitrogens with one attached hydrogen (secondary N) is 2. The van der Waals surface area contributed by atoms with Crippen molar-refractivity contribution in [3.8, 4) is 5.75 Å². The molecule has 1 rings (SSSR count). The van der Waals surface area contributed by atoms with Crippen molar-refractivity contribution < 1.29 is 14.3 Å². The van der Waals surface area contributed by atoms with Gasteiger partial charge in [-0.2, -0.15) is 0 Å². The molecule has 118 valence electrons. The van der Waals surface area contributed by atoms with Crippen LogP contribution in [0.25, 0.3) is 0 Å². The van der Waals surface area contributed by atoms with E-state index in [9.17, 15) is 4.79 Å². The van der Waals surface area contributed by atoms with Crippen LogP contribution in [0.4, 0.5) is 0 Å². The van der Waals surface area contributed by atoms with Crippen molar-refractivity contribution in [2.45, 2.75) is 19.3 Å². The van der Waals surface area contributed by atoms with Gasteiger partial charge in [0.2, 0.25) is 5.91 Å². The first-order valence-corrected chi connectivity index (χ1v) is 7.15. The van der Waals surface area contributed by atoms with Crippen LogP contribution in [0.2, 0.25) is 0 Å². The van der Waals surface area contributed by atoms with Crippen LogP contribution < -0.4 is 15.4 Å². The molecule has 0 saturated carbocycles. The molecule has 1 aromatic carbocycles. The van der Waals surface area contributed by atoms with E-state index < -0.39 is 5.41 Å². The zero-order valence-corrected chi connectivity index (χ0v) is 13.4. The second-order valence-corrected chi connectivity index (χ2v) is 5.32. The first-order chi connectivity index (χ1) is 10.0. The van der Waals surface area contributed by atoms with Gasteiger partial charge in [0, 0.05) is 32.3 Å². The molecule has 2 N–H and O–H groups in total. The Balaban J connectivity index is 2.55. The van der Waals surface area contributed by atoms with Gasteiger partial charge in [0.1, 0.15) is 5.75 Å². The van der Waals surface area contributed by atoms with Gasteiger partial charge in [-0.3, -0.25) is 4.79 Å². The third kappa shape index (κ3) is 5.02. The molecule has 0 radical (unpaired) electrons. The maximum Gasteiger partial charge on any atom is 0.230 e. The standard InChI is InChI=1S/C16H26N2O3/c1-16(2,13-7-5-6-8-14(13)21-4)15(19)18-10-9-17-11-12-20-3/h5-8,17H,9-12H2,1-4H3,(H,18,19). The fourth-order valence-corrected chi connectivity index (χ4v) is 2.07. The number of ether oxygens (including phenoxy) is 2. The number of rotatable bonds is 9. The van der Waals surface area contributed by atoms with Gasteiger partial charge >= 0.3 is 0 Å². The summed E-state index contributed by atoms with van der Waals surface area (Å²) in [6.07, 6.45) is 0. The van der Waals surface area contributed by atoms with Crippen LogP contribution in [0.5, 0.6) is 5.75 Å². The molecular formula is C16H26N2O3. The van der Waals surface area contributed by atoms with Gasteiger partial charge in [-0.15, -0.1) is 0 Å². The highest BCUT2D eigenvalue weighted by molar-refractivity contribution is 5.88. The molecule has 5 heteroatoms. The summed E-state index contributed by atoms with van der Waals surface area (Å²) in [6, 6.07) is 7.61. The highest BCUT2D eigenvalue weighted by Gasteiger charge is 2.32. The average Bonchev–Trinajstić information content (AvgIpc) is 2.50. The third-order valence-corrected chi connectivity index (χ3v) is 3.42. The Morgan fingerprint density at radius 2 is 1.86 bits per heavy atom. The molecule has 0 saturated heterocycles. The zero-order valence-electron chi connectivity index (χ0n) is 13.4. The number of benzene rings is 1. The molecule has 0 aliphatic heterocycles. The molecule has 0 aliphatic rings. The Morgan fingerprint density at radius 3 is 2.52 bits per heavy atom. The number of methoxy groups -OCH3 is 2. The number of carbonyl (C=O) groups is 1. The van der Waals surface area contributed by atoms with E-state index in [1.165, 1.54) is 0 Å². The average molecular weight is 294 g/mol. The molecule has 0 bridgehead atoms. The van der Waals surface area contributed by atoms with E-state index in [2.05, 4.69) is 10.6 Å². The molecule has 0 spiro atoms. The fraction of sp³-hybridized carbons (Fsp3) is 0.562. The summed E-state index contributed by atoms with van der Waals surface area (Å²) in [6.45, 7) is 6.55. The van der Waals surface area contributed by atoms with E-state index in [-0.39, 0.29) is 5.91 Å². The smallest absolute Gasteiger partial charge is 0.230 e. The van der Waals surface area contributed by atoms with E-state index in [1.54, 1.807) is 14.2 Å². The van der Waals surface area contributed by atoms with Crippen molar-refractivity contribution in [2.75, 3.05) is 40.5 Å². The van der Waals surface area contributed by atoms with E-state index in [0.717, 1.165) is 24.4 Å². The number of carbonyl (C=O) groups excluding carboxylic acids is 1. The monoisotopic (exact) mass is 294 g/mol. The second-order valence-electron chi connectivity index (χ2n) is 5.32. The predicted molar refractivity (Wildman–Crippen MR) is 83.8 cm³/mol. The maximum absolute atomic E-state index is 12.4. The lowest BCUT2D eigenvalue weighted by Crippen LogP contribution is -2.43. The summed E-state index contributed by atoms with van der Waals surface area (Å²) in [5, 5.41) is 6.14. The van der Waals surface area contributed by atoms with Gasteiger partial charge in [0.05, 0.1) is 19.1 Å². The number of hydrogen-bond donors (Lipinski definition) is 2. The highest BCUT2D eigenvalue weighted by Crippen LogP contribution is 2.31. The molecular weight excluding hydrogens is 268 g/mol. The topological polar surface area (TPSA) is 59.6 Å². The van der Waals surface area contributed by atoms with Crippen LogP contribution >= 0.6 is 0 Å². The molecule has 0 aliphatic carbocycles. The summed E-state index contributed by atoms with van der Waals surface area (Å²) < 4.78 is 10.3. The van der Waals surface area contributed by atoms with Crippen molar-refractivity contribution in [3.63, 3.8) is 0 Å². The summed E-state index contributed by atoms with van der Waals surface area (Å²) in [4.78, 5) is 12.4. The fourth-order valence-electron chi connectivity index (χ4n) is 2.07. The third-order valence-electron chi connectivity index (χ3n) is 3.42. The lowest BCUT2D eigenvalue weighted by molar-refractivity contribution is -0.125.